The molecule has 3 heteroatoms. The molecule has 0 bridgehead atoms. The summed E-state index contributed by atoms with van der Waals surface area (Å²) in [4.78, 5) is 2.22. The predicted octanol–water partition coefficient (Wildman–Crippen LogP) is 2.77. The van der Waals surface area contributed by atoms with E-state index in [1.54, 1.807) is 13.0 Å². The van der Waals surface area contributed by atoms with Gasteiger partial charge in [-0.15, -0.1) is 0 Å². The minimum atomic E-state index is -0.514. The van der Waals surface area contributed by atoms with Crippen LogP contribution in [-0.4, -0.2) is 18.2 Å². The third kappa shape index (κ3) is 2.55. The van der Waals surface area contributed by atoms with Crippen molar-refractivity contribution in [3.8, 4) is 6.07 Å². The van der Waals surface area contributed by atoms with E-state index in [-0.39, 0.29) is 0 Å². The highest BCUT2D eigenvalue weighted by atomic mass is 16.3. The number of nitriles is 1. The molecule has 0 saturated carbocycles. The summed E-state index contributed by atoms with van der Waals surface area (Å²) in [6.07, 6.45) is 2.73. The van der Waals surface area contributed by atoms with Crippen LogP contribution in [0.5, 0.6) is 0 Å². The fourth-order valence-corrected chi connectivity index (χ4v) is 2.23. The lowest BCUT2D eigenvalue weighted by molar-refractivity contribution is 0.199. The van der Waals surface area contributed by atoms with Crippen LogP contribution in [0.2, 0.25) is 0 Å². The Kier molecular flexibility index (Phi) is 3.69. The van der Waals surface area contributed by atoms with Gasteiger partial charge in [0.15, 0.2) is 0 Å². The summed E-state index contributed by atoms with van der Waals surface area (Å²) < 4.78 is 0. The number of rotatable bonds is 2. The SMILES string of the molecule is CC1=CCN(c2cc(C#N)ccc2[C@H](C)O)CC1. The van der Waals surface area contributed by atoms with Gasteiger partial charge in [-0.05, 0) is 32.4 Å². The molecule has 0 aromatic heterocycles. The van der Waals surface area contributed by atoms with Gasteiger partial charge in [-0.2, -0.15) is 5.26 Å². The second-order valence-corrected chi connectivity index (χ2v) is 4.81. The van der Waals surface area contributed by atoms with Gasteiger partial charge < -0.3 is 10.0 Å². The molecule has 94 valence electrons. The van der Waals surface area contributed by atoms with Gasteiger partial charge in [0, 0.05) is 24.3 Å². The summed E-state index contributed by atoms with van der Waals surface area (Å²) in [5.74, 6) is 0. The Bertz CT molecular complexity index is 512. The second kappa shape index (κ2) is 5.24. The van der Waals surface area contributed by atoms with Gasteiger partial charge >= 0.3 is 0 Å². The van der Waals surface area contributed by atoms with E-state index in [2.05, 4.69) is 24.0 Å². The largest absolute Gasteiger partial charge is 0.389 e. The number of benzene rings is 1. The monoisotopic (exact) mass is 242 g/mol. The maximum atomic E-state index is 9.83. The van der Waals surface area contributed by atoms with E-state index in [4.69, 9.17) is 5.26 Å². The topological polar surface area (TPSA) is 47.3 Å². The minimum Gasteiger partial charge on any atom is -0.389 e. The summed E-state index contributed by atoms with van der Waals surface area (Å²) in [6, 6.07) is 7.64. The van der Waals surface area contributed by atoms with E-state index < -0.39 is 6.10 Å². The first-order chi connectivity index (χ1) is 8.61. The van der Waals surface area contributed by atoms with Crippen LogP contribution < -0.4 is 4.90 Å². The fourth-order valence-electron chi connectivity index (χ4n) is 2.23. The van der Waals surface area contributed by atoms with Gasteiger partial charge in [0.2, 0.25) is 0 Å². The molecule has 0 unspecified atom stereocenters. The Morgan fingerprint density at radius 1 is 1.44 bits per heavy atom. The number of aliphatic hydroxyl groups excluding tert-OH is 1. The quantitative estimate of drug-likeness (QED) is 0.811. The zero-order valence-corrected chi connectivity index (χ0v) is 10.8. The first-order valence-electron chi connectivity index (χ1n) is 6.24. The summed E-state index contributed by atoms with van der Waals surface area (Å²) in [5, 5.41) is 18.8. The van der Waals surface area contributed by atoms with E-state index in [9.17, 15) is 5.11 Å². The van der Waals surface area contributed by atoms with Crippen molar-refractivity contribution >= 4 is 5.69 Å². The average Bonchev–Trinajstić information content (AvgIpc) is 2.38. The molecule has 1 heterocycles. The van der Waals surface area contributed by atoms with Gasteiger partial charge in [-0.1, -0.05) is 17.7 Å². The van der Waals surface area contributed by atoms with Crippen LogP contribution in [0, 0.1) is 11.3 Å². The van der Waals surface area contributed by atoms with E-state index in [1.165, 1.54) is 5.57 Å². The number of aliphatic hydroxyl groups is 1. The molecular weight excluding hydrogens is 224 g/mol. The van der Waals surface area contributed by atoms with Crippen molar-refractivity contribution in [3.63, 3.8) is 0 Å². The third-order valence-electron chi connectivity index (χ3n) is 3.39. The molecule has 1 atom stereocenters. The molecular formula is C15H18N2O. The Balaban J connectivity index is 2.38. The van der Waals surface area contributed by atoms with Gasteiger partial charge in [-0.3, -0.25) is 0 Å². The second-order valence-electron chi connectivity index (χ2n) is 4.81. The number of nitrogens with zero attached hydrogens (tertiary/aromatic N) is 2. The van der Waals surface area contributed by atoms with Gasteiger partial charge in [0.25, 0.3) is 0 Å². The van der Waals surface area contributed by atoms with Gasteiger partial charge in [0.1, 0.15) is 0 Å². The Morgan fingerprint density at radius 2 is 2.22 bits per heavy atom. The Hall–Kier alpha value is -1.79. The summed E-state index contributed by atoms with van der Waals surface area (Å²) in [7, 11) is 0. The Labute approximate surface area is 108 Å². The Morgan fingerprint density at radius 3 is 2.78 bits per heavy atom. The summed E-state index contributed by atoms with van der Waals surface area (Å²) in [5.41, 5.74) is 3.91. The summed E-state index contributed by atoms with van der Waals surface area (Å²) >= 11 is 0. The average molecular weight is 242 g/mol. The highest BCUT2D eigenvalue weighted by Crippen LogP contribution is 2.29. The molecule has 0 aliphatic carbocycles. The molecule has 0 amide bonds. The lowest BCUT2D eigenvalue weighted by Gasteiger charge is -2.30. The molecule has 1 aliphatic rings. The van der Waals surface area contributed by atoms with Crippen LogP contribution in [0.25, 0.3) is 0 Å². The summed E-state index contributed by atoms with van der Waals surface area (Å²) in [6.45, 7) is 5.69. The standard InChI is InChI=1S/C15H18N2O/c1-11-5-7-17(8-6-11)15-9-13(10-16)3-4-14(15)12(2)18/h3-5,9,12,18H,6-8H2,1-2H3/t12-/m0/s1. The van der Waals surface area contributed by atoms with Crippen molar-refractivity contribution in [1.29, 1.82) is 5.26 Å². The lowest BCUT2D eigenvalue weighted by atomic mass is 10.0. The smallest absolute Gasteiger partial charge is 0.0992 e. The van der Waals surface area contributed by atoms with Crippen LogP contribution in [0.3, 0.4) is 0 Å². The van der Waals surface area contributed by atoms with Gasteiger partial charge in [0.05, 0.1) is 17.7 Å². The molecule has 3 nitrogen and oxygen atoms in total. The van der Waals surface area contributed by atoms with Crippen LogP contribution in [-0.2, 0) is 0 Å². The predicted molar refractivity (Wildman–Crippen MR) is 72.4 cm³/mol. The van der Waals surface area contributed by atoms with Crippen molar-refractivity contribution in [1.82, 2.24) is 0 Å². The first-order valence-corrected chi connectivity index (χ1v) is 6.24. The van der Waals surface area contributed by atoms with Crippen LogP contribution >= 0.6 is 0 Å². The molecule has 18 heavy (non-hydrogen) atoms. The molecule has 1 N–H and O–H groups in total. The van der Waals surface area contributed by atoms with Crippen molar-refractivity contribution < 1.29 is 5.11 Å². The van der Waals surface area contributed by atoms with E-state index in [0.29, 0.717) is 5.56 Å². The van der Waals surface area contributed by atoms with Crippen molar-refractivity contribution in [2.75, 3.05) is 18.0 Å². The van der Waals surface area contributed by atoms with E-state index in [0.717, 1.165) is 30.8 Å². The molecule has 0 radical (unpaired) electrons. The highest BCUT2D eigenvalue weighted by Gasteiger charge is 2.16. The first kappa shape index (κ1) is 12.7. The number of hydrogen-bond donors (Lipinski definition) is 1. The highest BCUT2D eigenvalue weighted by molar-refractivity contribution is 5.59. The van der Waals surface area contributed by atoms with E-state index >= 15 is 0 Å². The van der Waals surface area contributed by atoms with Gasteiger partial charge in [-0.25, -0.2) is 0 Å². The number of hydrogen-bond acceptors (Lipinski definition) is 3. The van der Waals surface area contributed by atoms with Crippen molar-refractivity contribution in [2.24, 2.45) is 0 Å². The zero-order chi connectivity index (χ0) is 13.1. The normalized spacial score (nSPS) is 17.0. The van der Waals surface area contributed by atoms with E-state index in [1.807, 2.05) is 12.1 Å². The minimum absolute atomic E-state index is 0.514. The van der Waals surface area contributed by atoms with Crippen LogP contribution in [0.1, 0.15) is 37.5 Å². The van der Waals surface area contributed by atoms with Crippen molar-refractivity contribution in [3.05, 3.63) is 41.0 Å². The maximum Gasteiger partial charge on any atom is 0.0992 e. The molecule has 0 saturated heterocycles. The molecule has 0 fully saturated rings. The maximum absolute atomic E-state index is 9.83. The molecule has 0 spiro atoms. The molecule has 1 aromatic rings. The molecule has 1 aromatic carbocycles. The van der Waals surface area contributed by atoms with Crippen LogP contribution in [0.15, 0.2) is 29.8 Å². The molecule has 1 aliphatic heterocycles. The number of anilines is 1. The zero-order valence-electron chi connectivity index (χ0n) is 10.8. The van der Waals surface area contributed by atoms with Crippen molar-refractivity contribution in [2.45, 2.75) is 26.4 Å². The molecule has 2 rings (SSSR count). The third-order valence-corrected chi connectivity index (χ3v) is 3.39. The fraction of sp³-hybridized carbons (Fsp3) is 0.400. The van der Waals surface area contributed by atoms with Crippen LogP contribution in [0.4, 0.5) is 5.69 Å². The lowest BCUT2D eigenvalue weighted by Crippen LogP contribution is -2.29.